The Kier molecular flexibility index (Phi) is 9.24. The van der Waals surface area contributed by atoms with Gasteiger partial charge in [0, 0.05) is 18.5 Å². The summed E-state index contributed by atoms with van der Waals surface area (Å²) in [4.78, 5) is 12.0. The number of ether oxygens (including phenoxy) is 1. The SMILES string of the molecule is C/C(=C\COc1ccc(CCNC(=O)c2ccccc2)cc1)C(O)CC(O)C(C)(C)O. The van der Waals surface area contributed by atoms with Crippen LogP contribution >= 0.6 is 0 Å². The van der Waals surface area contributed by atoms with Crippen molar-refractivity contribution >= 4 is 5.91 Å². The van der Waals surface area contributed by atoms with E-state index in [1.165, 1.54) is 13.8 Å². The lowest BCUT2D eigenvalue weighted by atomic mass is 9.94. The van der Waals surface area contributed by atoms with E-state index < -0.39 is 17.8 Å². The summed E-state index contributed by atoms with van der Waals surface area (Å²) in [5.74, 6) is 0.618. The molecule has 31 heavy (non-hydrogen) atoms. The van der Waals surface area contributed by atoms with E-state index in [9.17, 15) is 20.1 Å². The number of carbonyl (C=O) groups is 1. The molecule has 2 rings (SSSR count). The van der Waals surface area contributed by atoms with E-state index in [-0.39, 0.29) is 18.9 Å². The van der Waals surface area contributed by atoms with E-state index in [0.29, 0.717) is 29.9 Å². The molecule has 1 amide bonds. The zero-order valence-electron chi connectivity index (χ0n) is 18.4. The third-order valence-corrected chi connectivity index (χ3v) is 5.10. The number of hydrogen-bond acceptors (Lipinski definition) is 5. The van der Waals surface area contributed by atoms with Crippen LogP contribution in [0.2, 0.25) is 0 Å². The standard InChI is InChI=1S/C25H33NO5/c1-18(22(27)17-23(28)25(2,3)30)14-16-31-21-11-9-19(10-12-21)13-15-26-24(29)20-7-5-4-6-8-20/h4-12,14,22-23,27-28,30H,13,15-17H2,1-3H3,(H,26,29)/b18-14+. The summed E-state index contributed by atoms with van der Waals surface area (Å²) in [5, 5.41) is 32.7. The van der Waals surface area contributed by atoms with Gasteiger partial charge in [0.15, 0.2) is 0 Å². The molecule has 0 saturated carbocycles. The largest absolute Gasteiger partial charge is 0.490 e. The van der Waals surface area contributed by atoms with Crippen molar-refractivity contribution in [3.63, 3.8) is 0 Å². The molecule has 0 aliphatic rings. The quantitative estimate of drug-likeness (QED) is 0.413. The lowest BCUT2D eigenvalue weighted by molar-refractivity contribution is -0.0640. The van der Waals surface area contributed by atoms with Crippen LogP contribution in [0.5, 0.6) is 5.75 Å². The maximum absolute atomic E-state index is 12.0. The Balaban J connectivity index is 1.74. The average molecular weight is 428 g/mol. The van der Waals surface area contributed by atoms with E-state index in [0.717, 1.165) is 5.56 Å². The van der Waals surface area contributed by atoms with Crippen molar-refractivity contribution in [2.45, 2.75) is 51.4 Å². The summed E-state index contributed by atoms with van der Waals surface area (Å²) in [6, 6.07) is 16.8. The number of hydrogen-bond donors (Lipinski definition) is 4. The van der Waals surface area contributed by atoms with E-state index in [2.05, 4.69) is 5.32 Å². The van der Waals surface area contributed by atoms with Gasteiger partial charge in [0.25, 0.3) is 5.91 Å². The van der Waals surface area contributed by atoms with Crippen LogP contribution in [0.25, 0.3) is 0 Å². The normalized spacial score (nSPS) is 14.1. The fraction of sp³-hybridized carbons (Fsp3) is 0.400. The molecule has 0 aliphatic heterocycles. The van der Waals surface area contributed by atoms with Gasteiger partial charge in [-0.2, -0.15) is 0 Å². The zero-order valence-corrected chi connectivity index (χ0v) is 18.4. The summed E-state index contributed by atoms with van der Waals surface area (Å²) in [6.45, 7) is 5.61. The minimum absolute atomic E-state index is 0.0569. The average Bonchev–Trinajstić information content (AvgIpc) is 2.74. The number of carbonyl (C=O) groups excluding carboxylic acids is 1. The van der Waals surface area contributed by atoms with Crippen molar-refractivity contribution in [3.8, 4) is 5.75 Å². The van der Waals surface area contributed by atoms with Crippen molar-refractivity contribution in [1.29, 1.82) is 0 Å². The third-order valence-electron chi connectivity index (χ3n) is 5.10. The minimum atomic E-state index is -1.26. The van der Waals surface area contributed by atoms with Gasteiger partial charge in [-0.15, -0.1) is 0 Å². The Hall–Kier alpha value is -2.67. The Bertz CT molecular complexity index is 840. The Morgan fingerprint density at radius 2 is 1.74 bits per heavy atom. The van der Waals surface area contributed by atoms with Gasteiger partial charge in [-0.3, -0.25) is 4.79 Å². The lowest BCUT2D eigenvalue weighted by Crippen LogP contribution is -2.38. The topological polar surface area (TPSA) is 99.0 Å². The molecule has 0 fully saturated rings. The predicted molar refractivity (Wildman–Crippen MR) is 121 cm³/mol. The van der Waals surface area contributed by atoms with Crippen LogP contribution in [-0.2, 0) is 6.42 Å². The van der Waals surface area contributed by atoms with Crippen molar-refractivity contribution in [3.05, 3.63) is 77.4 Å². The van der Waals surface area contributed by atoms with Crippen LogP contribution in [0.3, 0.4) is 0 Å². The maximum atomic E-state index is 12.0. The third kappa shape index (κ3) is 8.53. The molecule has 0 aliphatic carbocycles. The van der Waals surface area contributed by atoms with E-state index in [1.807, 2.05) is 42.5 Å². The highest BCUT2D eigenvalue weighted by Gasteiger charge is 2.27. The second kappa shape index (κ2) is 11.6. The van der Waals surface area contributed by atoms with Crippen molar-refractivity contribution < 1.29 is 24.9 Å². The molecular weight excluding hydrogens is 394 g/mol. The molecule has 2 aromatic carbocycles. The van der Waals surface area contributed by atoms with Crippen LogP contribution in [0.4, 0.5) is 0 Å². The van der Waals surface area contributed by atoms with E-state index >= 15 is 0 Å². The molecule has 6 nitrogen and oxygen atoms in total. The van der Waals surface area contributed by atoms with Crippen LogP contribution < -0.4 is 10.1 Å². The predicted octanol–water partition coefficient (Wildman–Crippen LogP) is 2.87. The van der Waals surface area contributed by atoms with Crippen molar-refractivity contribution in [1.82, 2.24) is 5.32 Å². The van der Waals surface area contributed by atoms with Gasteiger partial charge in [0.05, 0.1) is 17.8 Å². The molecule has 0 heterocycles. The number of amides is 1. The molecule has 6 heteroatoms. The summed E-state index contributed by atoms with van der Waals surface area (Å²) in [6.07, 6.45) is 0.666. The highest BCUT2D eigenvalue weighted by atomic mass is 16.5. The minimum Gasteiger partial charge on any atom is -0.490 e. The van der Waals surface area contributed by atoms with Gasteiger partial charge in [-0.25, -0.2) is 0 Å². The number of nitrogens with one attached hydrogen (secondary N) is 1. The molecule has 2 unspecified atom stereocenters. The monoisotopic (exact) mass is 427 g/mol. The van der Waals surface area contributed by atoms with Gasteiger partial charge in [-0.1, -0.05) is 30.3 Å². The lowest BCUT2D eigenvalue weighted by Gasteiger charge is -2.26. The van der Waals surface area contributed by atoms with Gasteiger partial charge >= 0.3 is 0 Å². The van der Waals surface area contributed by atoms with Gasteiger partial charge in [0.1, 0.15) is 12.4 Å². The fourth-order valence-corrected chi connectivity index (χ4v) is 2.86. The first kappa shape index (κ1) is 24.6. The summed E-state index contributed by atoms with van der Waals surface area (Å²) < 4.78 is 5.69. The molecule has 0 aromatic heterocycles. The molecule has 0 radical (unpaired) electrons. The molecule has 0 spiro atoms. The molecule has 168 valence electrons. The smallest absolute Gasteiger partial charge is 0.251 e. The van der Waals surface area contributed by atoms with Crippen molar-refractivity contribution in [2.24, 2.45) is 0 Å². The van der Waals surface area contributed by atoms with Crippen molar-refractivity contribution in [2.75, 3.05) is 13.2 Å². The maximum Gasteiger partial charge on any atom is 0.251 e. The number of aliphatic hydroxyl groups excluding tert-OH is 2. The second-order valence-electron chi connectivity index (χ2n) is 8.20. The Morgan fingerprint density at radius 3 is 2.35 bits per heavy atom. The first-order valence-corrected chi connectivity index (χ1v) is 10.5. The molecule has 2 aromatic rings. The van der Waals surface area contributed by atoms with Crippen LogP contribution in [0.1, 0.15) is 43.1 Å². The second-order valence-corrected chi connectivity index (χ2v) is 8.20. The summed E-state index contributed by atoms with van der Waals surface area (Å²) in [5.41, 5.74) is 1.15. The van der Waals surface area contributed by atoms with E-state index in [1.54, 1.807) is 25.1 Å². The molecular formula is C25H33NO5. The highest BCUT2D eigenvalue weighted by Crippen LogP contribution is 2.18. The fourth-order valence-electron chi connectivity index (χ4n) is 2.86. The number of aliphatic hydroxyl groups is 3. The van der Waals surface area contributed by atoms with Gasteiger partial charge < -0.3 is 25.4 Å². The summed E-state index contributed by atoms with van der Waals surface area (Å²) >= 11 is 0. The number of rotatable bonds is 11. The molecule has 4 N–H and O–H groups in total. The first-order chi connectivity index (χ1) is 14.7. The highest BCUT2D eigenvalue weighted by molar-refractivity contribution is 5.94. The summed E-state index contributed by atoms with van der Waals surface area (Å²) in [7, 11) is 0. The van der Waals surface area contributed by atoms with Crippen LogP contribution in [0, 0.1) is 0 Å². The number of benzene rings is 2. The van der Waals surface area contributed by atoms with Crippen LogP contribution in [0.15, 0.2) is 66.2 Å². The first-order valence-electron chi connectivity index (χ1n) is 10.5. The molecule has 2 atom stereocenters. The molecule has 0 saturated heterocycles. The Morgan fingerprint density at radius 1 is 1.10 bits per heavy atom. The molecule has 0 bridgehead atoms. The zero-order chi connectivity index (χ0) is 22.9. The van der Waals surface area contributed by atoms with E-state index in [4.69, 9.17) is 4.74 Å². The van der Waals surface area contributed by atoms with Gasteiger partial charge in [0.2, 0.25) is 0 Å². The van der Waals surface area contributed by atoms with Crippen LogP contribution in [-0.4, -0.2) is 52.2 Å². The van der Waals surface area contributed by atoms with Gasteiger partial charge in [-0.05, 0) is 68.7 Å². The Labute approximate surface area is 184 Å².